The van der Waals surface area contributed by atoms with Gasteiger partial charge in [0, 0.05) is 37.9 Å². The molecule has 9 nitrogen and oxygen atoms in total. The molecule has 25 heavy (non-hydrogen) atoms. The lowest BCUT2D eigenvalue weighted by atomic mass is 10.2. The maximum Gasteiger partial charge on any atom is 0.322 e. The second-order valence-corrected chi connectivity index (χ2v) is 5.90. The highest BCUT2D eigenvalue weighted by Gasteiger charge is 2.29. The van der Waals surface area contributed by atoms with E-state index in [0.717, 1.165) is 25.9 Å². The van der Waals surface area contributed by atoms with Crippen LogP contribution in [0.3, 0.4) is 0 Å². The number of carbonyl (C=O) groups excluding carboxylic acids is 1. The molecule has 1 aliphatic heterocycles. The lowest BCUT2D eigenvalue weighted by Crippen LogP contribution is -2.40. The van der Waals surface area contributed by atoms with Gasteiger partial charge in [0.05, 0.1) is 30.5 Å². The topological polar surface area (TPSA) is 93.8 Å². The van der Waals surface area contributed by atoms with E-state index in [-0.39, 0.29) is 12.1 Å². The molecule has 4 heterocycles. The second-order valence-electron chi connectivity index (χ2n) is 5.90. The molecule has 9 heteroatoms. The Hall–Kier alpha value is -3.23. The van der Waals surface area contributed by atoms with Crippen molar-refractivity contribution in [1.82, 2.24) is 34.2 Å². The number of aromatic nitrogens is 6. The van der Waals surface area contributed by atoms with Crippen LogP contribution < -0.4 is 5.32 Å². The van der Waals surface area contributed by atoms with Gasteiger partial charge >= 0.3 is 6.03 Å². The highest BCUT2D eigenvalue weighted by molar-refractivity contribution is 5.89. The molecule has 4 rings (SSSR count). The van der Waals surface area contributed by atoms with Crippen molar-refractivity contribution in [1.29, 1.82) is 0 Å². The fraction of sp³-hybridized carbons (Fsp3) is 0.312. The third kappa shape index (κ3) is 3.35. The number of hydrogen-bond acceptors (Lipinski definition) is 5. The van der Waals surface area contributed by atoms with E-state index in [2.05, 4.69) is 25.4 Å². The SMILES string of the molecule is O=C(Nc1cnn(-c2ncccn2)c1)N1CCC[C@H]1Cn1ccnc1. The Balaban J connectivity index is 1.42. The zero-order chi connectivity index (χ0) is 17.1. The van der Waals surface area contributed by atoms with Gasteiger partial charge in [0.2, 0.25) is 5.95 Å². The maximum absolute atomic E-state index is 12.6. The minimum atomic E-state index is -0.115. The number of nitrogens with one attached hydrogen (secondary N) is 1. The van der Waals surface area contributed by atoms with E-state index in [4.69, 9.17) is 0 Å². The molecule has 0 unspecified atom stereocenters. The summed E-state index contributed by atoms with van der Waals surface area (Å²) in [6, 6.07) is 1.79. The van der Waals surface area contributed by atoms with Gasteiger partial charge in [0.25, 0.3) is 0 Å². The van der Waals surface area contributed by atoms with Crippen molar-refractivity contribution in [2.75, 3.05) is 11.9 Å². The number of nitrogens with zero attached hydrogens (tertiary/aromatic N) is 7. The number of rotatable bonds is 4. The minimum absolute atomic E-state index is 0.115. The van der Waals surface area contributed by atoms with Gasteiger partial charge in [-0.2, -0.15) is 5.10 Å². The third-order valence-electron chi connectivity index (χ3n) is 4.21. The van der Waals surface area contributed by atoms with Crippen LogP contribution in [0.4, 0.5) is 10.5 Å². The third-order valence-corrected chi connectivity index (χ3v) is 4.21. The highest BCUT2D eigenvalue weighted by atomic mass is 16.2. The Bertz CT molecular complexity index is 829. The fourth-order valence-corrected chi connectivity index (χ4v) is 3.03. The quantitative estimate of drug-likeness (QED) is 0.779. The van der Waals surface area contributed by atoms with E-state index in [1.807, 2.05) is 15.7 Å². The Morgan fingerprint density at radius 1 is 1.28 bits per heavy atom. The molecule has 1 fully saturated rings. The Kier molecular flexibility index (Phi) is 4.11. The molecule has 0 aliphatic carbocycles. The summed E-state index contributed by atoms with van der Waals surface area (Å²) in [4.78, 5) is 26.8. The van der Waals surface area contributed by atoms with Crippen molar-refractivity contribution >= 4 is 11.7 Å². The number of likely N-dealkylation sites (tertiary alicyclic amines) is 1. The summed E-state index contributed by atoms with van der Waals surface area (Å²) in [6.07, 6.45) is 14.0. The summed E-state index contributed by atoms with van der Waals surface area (Å²) >= 11 is 0. The van der Waals surface area contributed by atoms with Crippen molar-refractivity contribution < 1.29 is 4.79 Å². The lowest BCUT2D eigenvalue weighted by molar-refractivity contribution is 0.201. The molecule has 0 radical (unpaired) electrons. The van der Waals surface area contributed by atoms with E-state index in [1.54, 1.807) is 43.4 Å². The first kappa shape index (κ1) is 15.3. The van der Waals surface area contributed by atoms with Crippen LogP contribution in [0, 0.1) is 0 Å². The zero-order valence-corrected chi connectivity index (χ0v) is 13.6. The highest BCUT2D eigenvalue weighted by Crippen LogP contribution is 2.20. The molecule has 3 aromatic heterocycles. The van der Waals surface area contributed by atoms with Crippen molar-refractivity contribution in [2.45, 2.75) is 25.4 Å². The van der Waals surface area contributed by atoms with E-state index >= 15 is 0 Å². The van der Waals surface area contributed by atoms with Gasteiger partial charge in [0.1, 0.15) is 0 Å². The van der Waals surface area contributed by atoms with Gasteiger partial charge in [-0.1, -0.05) is 0 Å². The number of imidazole rings is 1. The van der Waals surface area contributed by atoms with Crippen molar-refractivity contribution in [3.05, 3.63) is 49.6 Å². The van der Waals surface area contributed by atoms with Gasteiger partial charge in [-0.15, -0.1) is 0 Å². The van der Waals surface area contributed by atoms with Gasteiger partial charge in [0.15, 0.2) is 0 Å². The molecule has 3 aromatic rings. The predicted octanol–water partition coefficient (Wildman–Crippen LogP) is 1.56. The van der Waals surface area contributed by atoms with Crippen molar-refractivity contribution in [2.24, 2.45) is 0 Å². The molecule has 128 valence electrons. The predicted molar refractivity (Wildman–Crippen MR) is 90.1 cm³/mol. The van der Waals surface area contributed by atoms with E-state index in [1.165, 1.54) is 4.68 Å². The largest absolute Gasteiger partial charge is 0.335 e. The summed E-state index contributed by atoms with van der Waals surface area (Å²) < 4.78 is 3.53. The normalized spacial score (nSPS) is 17.0. The van der Waals surface area contributed by atoms with Crippen LogP contribution in [0.1, 0.15) is 12.8 Å². The van der Waals surface area contributed by atoms with Crippen LogP contribution in [0.5, 0.6) is 0 Å². The zero-order valence-electron chi connectivity index (χ0n) is 13.6. The molecule has 0 spiro atoms. The fourth-order valence-electron chi connectivity index (χ4n) is 3.03. The van der Waals surface area contributed by atoms with E-state index < -0.39 is 0 Å². The molecule has 1 N–H and O–H groups in total. The standard InChI is InChI=1S/C16H18N8O/c25-16(23-7-1-3-14(23)11-22-8-6-17-12-22)21-13-9-20-24(10-13)15-18-4-2-5-19-15/h2,4-6,8-10,12,14H,1,3,7,11H2,(H,21,25)/t14-/m0/s1. The Labute approximate surface area is 144 Å². The summed E-state index contributed by atoms with van der Waals surface area (Å²) in [5.41, 5.74) is 0.616. The van der Waals surface area contributed by atoms with Gasteiger partial charge in [-0.3, -0.25) is 0 Å². The lowest BCUT2D eigenvalue weighted by Gasteiger charge is -2.24. The molecule has 1 atom stereocenters. The Morgan fingerprint density at radius 2 is 2.16 bits per heavy atom. The Morgan fingerprint density at radius 3 is 2.96 bits per heavy atom. The average molecular weight is 338 g/mol. The number of urea groups is 1. The first-order valence-corrected chi connectivity index (χ1v) is 8.15. The molecule has 0 bridgehead atoms. The van der Waals surface area contributed by atoms with E-state index in [9.17, 15) is 4.79 Å². The van der Waals surface area contributed by atoms with Gasteiger partial charge in [-0.05, 0) is 18.9 Å². The number of amides is 2. The van der Waals surface area contributed by atoms with Crippen molar-refractivity contribution in [3.63, 3.8) is 0 Å². The molecule has 0 saturated carbocycles. The molecule has 1 aliphatic rings. The van der Waals surface area contributed by atoms with Gasteiger partial charge < -0.3 is 14.8 Å². The van der Waals surface area contributed by atoms with Crippen LogP contribution >= 0.6 is 0 Å². The van der Waals surface area contributed by atoms with E-state index in [0.29, 0.717) is 11.6 Å². The molecule has 0 aromatic carbocycles. The summed E-state index contributed by atoms with van der Waals surface area (Å²) in [5, 5.41) is 7.10. The van der Waals surface area contributed by atoms with Gasteiger partial charge in [-0.25, -0.2) is 24.4 Å². The maximum atomic E-state index is 12.6. The number of hydrogen-bond donors (Lipinski definition) is 1. The van der Waals surface area contributed by atoms with Crippen LogP contribution in [0.25, 0.3) is 5.95 Å². The number of anilines is 1. The van der Waals surface area contributed by atoms with Crippen LogP contribution in [-0.2, 0) is 6.54 Å². The molecule has 2 amide bonds. The first-order valence-electron chi connectivity index (χ1n) is 8.15. The average Bonchev–Trinajstić information content (AvgIpc) is 3.38. The second kappa shape index (κ2) is 6.71. The molecular formula is C16H18N8O. The first-order chi connectivity index (χ1) is 12.3. The smallest absolute Gasteiger partial charge is 0.322 e. The monoisotopic (exact) mass is 338 g/mol. The van der Waals surface area contributed by atoms with Crippen LogP contribution in [-0.4, -0.2) is 52.8 Å². The molecular weight excluding hydrogens is 320 g/mol. The molecule has 1 saturated heterocycles. The summed E-state index contributed by atoms with van der Waals surface area (Å²) in [5.74, 6) is 0.460. The summed E-state index contributed by atoms with van der Waals surface area (Å²) in [7, 11) is 0. The minimum Gasteiger partial charge on any atom is -0.335 e. The van der Waals surface area contributed by atoms with Crippen LogP contribution in [0.15, 0.2) is 49.6 Å². The summed E-state index contributed by atoms with van der Waals surface area (Å²) in [6.45, 7) is 1.51. The van der Waals surface area contributed by atoms with Crippen molar-refractivity contribution in [3.8, 4) is 5.95 Å². The number of carbonyl (C=O) groups is 1. The van der Waals surface area contributed by atoms with Crippen LogP contribution in [0.2, 0.25) is 0 Å².